The molecule has 4 N–H and O–H groups in total. The van der Waals surface area contributed by atoms with E-state index in [-0.39, 0.29) is 33.5 Å². The van der Waals surface area contributed by atoms with Crippen LogP contribution in [-0.2, 0) is 0 Å². The molecule has 0 aromatic heterocycles. The summed E-state index contributed by atoms with van der Waals surface area (Å²) in [4.78, 5) is 14.8. The summed E-state index contributed by atoms with van der Waals surface area (Å²) < 4.78 is 0. The van der Waals surface area contributed by atoms with Crippen molar-refractivity contribution < 1.29 is 9.90 Å². The molecule has 0 bridgehead atoms. The van der Waals surface area contributed by atoms with Gasteiger partial charge in [0.1, 0.15) is 5.75 Å². The third-order valence-corrected chi connectivity index (χ3v) is 5.37. The number of phenolic OH excluding ortho intramolecular Hbond substituents is 1. The molecule has 0 aliphatic carbocycles. The van der Waals surface area contributed by atoms with Gasteiger partial charge < -0.3 is 16.2 Å². The number of phenols is 1. The first-order valence-electron chi connectivity index (χ1n) is 7.83. The molecule has 1 amide bonds. The Bertz CT molecular complexity index is 581. The third kappa shape index (κ3) is 2.75. The summed E-state index contributed by atoms with van der Waals surface area (Å²) in [5, 5.41) is 13.0. The Hall–Kier alpha value is -1.46. The summed E-state index contributed by atoms with van der Waals surface area (Å²) in [5.41, 5.74) is 6.33. The maximum absolute atomic E-state index is 12.2. The molecule has 5 nitrogen and oxygen atoms in total. The van der Waals surface area contributed by atoms with Crippen molar-refractivity contribution in [1.29, 1.82) is 0 Å². The topological polar surface area (TPSA) is 78.6 Å². The lowest BCUT2D eigenvalue weighted by Crippen LogP contribution is -2.41. The van der Waals surface area contributed by atoms with E-state index >= 15 is 0 Å². The van der Waals surface area contributed by atoms with E-state index in [1.54, 1.807) is 0 Å². The van der Waals surface area contributed by atoms with Crippen LogP contribution >= 0.6 is 11.6 Å². The van der Waals surface area contributed by atoms with Gasteiger partial charge in [-0.05, 0) is 51.3 Å². The number of nitrogens with zero attached hydrogens (tertiary/aromatic N) is 1. The molecule has 2 aliphatic heterocycles. The fourth-order valence-electron chi connectivity index (χ4n) is 3.90. The van der Waals surface area contributed by atoms with Crippen molar-refractivity contribution in [3.63, 3.8) is 0 Å². The number of nitrogens with one attached hydrogen (secondary N) is 1. The number of fused-ring (bicyclic) bond motifs is 1. The van der Waals surface area contributed by atoms with E-state index in [2.05, 4.69) is 10.2 Å². The first-order chi connectivity index (χ1) is 10.5. The highest BCUT2D eigenvalue weighted by Crippen LogP contribution is 2.41. The molecule has 0 saturated carbocycles. The Labute approximate surface area is 135 Å². The number of halogens is 1. The number of hydrogen-bond donors (Lipinski definition) is 3. The number of carbonyl (C=O) groups is 1. The molecule has 1 aromatic carbocycles. The van der Waals surface area contributed by atoms with Gasteiger partial charge in [-0.3, -0.25) is 9.69 Å². The van der Waals surface area contributed by atoms with Crippen LogP contribution in [0.25, 0.3) is 0 Å². The number of nitrogen functional groups attached to an aromatic ring is 1. The SMILES string of the molecule is Nc1cc(O)c(C(=O)NCCC23CCCN2CCC3)cc1Cl. The lowest BCUT2D eigenvalue weighted by atomic mass is 9.90. The van der Waals surface area contributed by atoms with Gasteiger partial charge in [-0.15, -0.1) is 0 Å². The summed E-state index contributed by atoms with van der Waals surface area (Å²) in [6, 6.07) is 2.73. The van der Waals surface area contributed by atoms with Crippen LogP contribution in [0.5, 0.6) is 5.75 Å². The van der Waals surface area contributed by atoms with Crippen molar-refractivity contribution in [2.24, 2.45) is 0 Å². The number of benzene rings is 1. The molecule has 3 rings (SSSR count). The van der Waals surface area contributed by atoms with E-state index in [1.165, 1.54) is 50.9 Å². The predicted molar refractivity (Wildman–Crippen MR) is 87.3 cm³/mol. The van der Waals surface area contributed by atoms with Crippen LogP contribution in [0.4, 0.5) is 5.69 Å². The van der Waals surface area contributed by atoms with Crippen LogP contribution in [0, 0.1) is 0 Å². The standard InChI is InChI=1S/C16H22ClN3O2/c17-12-9-11(14(21)10-13(12)18)15(22)19-6-5-16-3-1-7-20(16)8-2-4-16/h9-10,21H,1-8,18H2,(H,19,22). The van der Waals surface area contributed by atoms with E-state index < -0.39 is 0 Å². The first-order valence-corrected chi connectivity index (χ1v) is 8.21. The smallest absolute Gasteiger partial charge is 0.255 e. The van der Waals surface area contributed by atoms with E-state index in [4.69, 9.17) is 17.3 Å². The molecule has 6 heteroatoms. The number of rotatable bonds is 4. The van der Waals surface area contributed by atoms with Crippen LogP contribution in [-0.4, -0.2) is 41.1 Å². The Morgan fingerprint density at radius 1 is 1.36 bits per heavy atom. The van der Waals surface area contributed by atoms with Crippen molar-refractivity contribution in [2.75, 3.05) is 25.4 Å². The molecule has 0 atom stereocenters. The summed E-state index contributed by atoms with van der Waals surface area (Å²) >= 11 is 5.92. The molecule has 1 aromatic rings. The summed E-state index contributed by atoms with van der Waals surface area (Å²) in [6.07, 6.45) is 5.91. The predicted octanol–water partition coefficient (Wildman–Crippen LogP) is 2.38. The minimum Gasteiger partial charge on any atom is -0.507 e. The number of hydrogen-bond acceptors (Lipinski definition) is 4. The average Bonchev–Trinajstić information content (AvgIpc) is 3.02. The maximum atomic E-state index is 12.2. The van der Waals surface area contributed by atoms with Crippen molar-refractivity contribution in [1.82, 2.24) is 10.2 Å². The number of nitrogens with two attached hydrogens (primary N) is 1. The zero-order valence-electron chi connectivity index (χ0n) is 12.6. The van der Waals surface area contributed by atoms with Gasteiger partial charge in [0.2, 0.25) is 0 Å². The quantitative estimate of drug-likeness (QED) is 0.743. The van der Waals surface area contributed by atoms with Gasteiger partial charge >= 0.3 is 0 Å². The second kappa shape index (κ2) is 5.97. The summed E-state index contributed by atoms with van der Waals surface area (Å²) in [5.74, 6) is -0.445. The first kappa shape index (κ1) is 15.4. The van der Waals surface area contributed by atoms with Gasteiger partial charge in [-0.25, -0.2) is 0 Å². The number of amides is 1. The number of aromatic hydroxyl groups is 1. The Kier molecular flexibility index (Phi) is 4.19. The van der Waals surface area contributed by atoms with E-state index in [9.17, 15) is 9.90 Å². The second-order valence-electron chi connectivity index (χ2n) is 6.32. The molecule has 0 radical (unpaired) electrons. The van der Waals surface area contributed by atoms with Gasteiger partial charge in [-0.1, -0.05) is 11.6 Å². The lowest BCUT2D eigenvalue weighted by molar-refractivity contribution is 0.0940. The van der Waals surface area contributed by atoms with Crippen molar-refractivity contribution in [2.45, 2.75) is 37.6 Å². The highest BCUT2D eigenvalue weighted by molar-refractivity contribution is 6.33. The van der Waals surface area contributed by atoms with E-state index in [0.29, 0.717) is 6.54 Å². The Balaban J connectivity index is 1.60. The molecule has 22 heavy (non-hydrogen) atoms. The zero-order valence-corrected chi connectivity index (χ0v) is 13.3. The summed E-state index contributed by atoms with van der Waals surface area (Å²) in [7, 11) is 0. The van der Waals surface area contributed by atoms with Gasteiger partial charge in [-0.2, -0.15) is 0 Å². The van der Waals surface area contributed by atoms with Crippen LogP contribution < -0.4 is 11.1 Å². The Morgan fingerprint density at radius 2 is 2.05 bits per heavy atom. The summed E-state index contributed by atoms with van der Waals surface area (Å²) in [6.45, 7) is 2.97. The number of anilines is 1. The van der Waals surface area contributed by atoms with Crippen molar-refractivity contribution in [3.05, 3.63) is 22.7 Å². The highest BCUT2D eigenvalue weighted by atomic mass is 35.5. The molecule has 0 spiro atoms. The largest absolute Gasteiger partial charge is 0.507 e. The highest BCUT2D eigenvalue weighted by Gasteiger charge is 2.43. The van der Waals surface area contributed by atoms with Gasteiger partial charge in [0, 0.05) is 18.2 Å². The fraction of sp³-hybridized carbons (Fsp3) is 0.562. The second-order valence-corrected chi connectivity index (χ2v) is 6.72. The molecule has 2 aliphatic rings. The van der Waals surface area contributed by atoms with Gasteiger partial charge in [0.25, 0.3) is 5.91 Å². The van der Waals surface area contributed by atoms with Crippen LogP contribution in [0.3, 0.4) is 0 Å². The van der Waals surface area contributed by atoms with Crippen LogP contribution in [0.2, 0.25) is 5.02 Å². The normalized spacial score (nSPS) is 20.0. The van der Waals surface area contributed by atoms with E-state index in [1.807, 2.05) is 0 Å². The Morgan fingerprint density at radius 3 is 2.73 bits per heavy atom. The zero-order chi connectivity index (χ0) is 15.7. The van der Waals surface area contributed by atoms with Gasteiger partial charge in [0.15, 0.2) is 0 Å². The van der Waals surface area contributed by atoms with Gasteiger partial charge in [0.05, 0.1) is 16.3 Å². The fourth-order valence-corrected chi connectivity index (χ4v) is 4.06. The molecule has 2 heterocycles. The average molecular weight is 324 g/mol. The monoisotopic (exact) mass is 323 g/mol. The van der Waals surface area contributed by atoms with Crippen LogP contribution in [0.15, 0.2) is 12.1 Å². The van der Waals surface area contributed by atoms with Crippen LogP contribution in [0.1, 0.15) is 42.5 Å². The minimum absolute atomic E-state index is 0.138. The molecular formula is C16H22ClN3O2. The maximum Gasteiger partial charge on any atom is 0.255 e. The third-order valence-electron chi connectivity index (χ3n) is 5.05. The molecule has 120 valence electrons. The lowest BCUT2D eigenvalue weighted by Gasteiger charge is -2.32. The minimum atomic E-state index is -0.307. The molecule has 2 saturated heterocycles. The molecule has 0 unspecified atom stereocenters. The van der Waals surface area contributed by atoms with Crippen molar-refractivity contribution in [3.8, 4) is 5.75 Å². The van der Waals surface area contributed by atoms with E-state index in [0.717, 1.165) is 6.42 Å². The van der Waals surface area contributed by atoms with Crippen molar-refractivity contribution >= 4 is 23.2 Å². The number of carbonyl (C=O) groups excluding carboxylic acids is 1. The molecular weight excluding hydrogens is 302 g/mol. The molecule has 2 fully saturated rings.